The van der Waals surface area contributed by atoms with Crippen LogP contribution in [0.5, 0.6) is 0 Å². The summed E-state index contributed by atoms with van der Waals surface area (Å²) in [6, 6.07) is 9.50. The van der Waals surface area contributed by atoms with Crippen LogP contribution in [0.3, 0.4) is 0 Å². The maximum absolute atomic E-state index is 12.1. The molecule has 0 bridgehead atoms. The third kappa shape index (κ3) is 5.02. The molecule has 1 aromatic carbocycles. The van der Waals surface area contributed by atoms with E-state index in [1.54, 1.807) is 6.07 Å². The van der Waals surface area contributed by atoms with Crippen LogP contribution in [0, 0.1) is 3.57 Å². The number of fused-ring (bicyclic) bond motifs is 1. The number of carbonyl (C=O) groups is 2. The quantitative estimate of drug-likeness (QED) is 0.639. The Balaban J connectivity index is 1.36. The summed E-state index contributed by atoms with van der Waals surface area (Å²) in [5.41, 5.74) is 2.00. The zero-order chi connectivity index (χ0) is 17.6. The Morgan fingerprint density at radius 1 is 1.20 bits per heavy atom. The van der Waals surface area contributed by atoms with Crippen molar-refractivity contribution in [1.29, 1.82) is 0 Å². The van der Waals surface area contributed by atoms with Crippen LogP contribution >= 0.6 is 33.9 Å². The molecule has 2 N–H and O–H groups in total. The van der Waals surface area contributed by atoms with Gasteiger partial charge in [-0.05, 0) is 58.2 Å². The summed E-state index contributed by atoms with van der Waals surface area (Å²) in [5.74, 6) is -0.381. The van der Waals surface area contributed by atoms with Crippen LogP contribution in [-0.4, -0.2) is 42.9 Å². The number of hydrogen-bond donors (Lipinski definition) is 2. The highest BCUT2D eigenvalue weighted by Gasteiger charge is 2.17. The minimum absolute atomic E-state index is 0.00150. The lowest BCUT2D eigenvalue weighted by Gasteiger charge is -2.26. The molecule has 0 unspecified atom stereocenters. The molecular weight excluding hydrogens is 449 g/mol. The van der Waals surface area contributed by atoms with Gasteiger partial charge in [-0.25, -0.2) is 0 Å². The van der Waals surface area contributed by atoms with Gasteiger partial charge in [-0.2, -0.15) is 0 Å². The third-order valence-corrected chi connectivity index (χ3v) is 6.13. The first-order valence-electron chi connectivity index (χ1n) is 8.20. The van der Waals surface area contributed by atoms with Crippen LogP contribution in [0.1, 0.15) is 20.8 Å². The number of hydrogen-bond acceptors (Lipinski definition) is 4. The Hall–Kier alpha value is -1.45. The van der Waals surface area contributed by atoms with E-state index >= 15 is 0 Å². The maximum Gasteiger partial charge on any atom is 0.252 e. The van der Waals surface area contributed by atoms with E-state index < -0.39 is 0 Å². The van der Waals surface area contributed by atoms with Gasteiger partial charge in [-0.15, -0.1) is 11.3 Å². The molecule has 0 aliphatic carbocycles. The largest absolute Gasteiger partial charge is 0.353 e. The van der Waals surface area contributed by atoms with Crippen LogP contribution < -0.4 is 10.6 Å². The lowest BCUT2D eigenvalue weighted by Crippen LogP contribution is -2.41. The second kappa shape index (κ2) is 8.77. The molecule has 1 aliphatic rings. The Morgan fingerprint density at radius 3 is 2.88 bits per heavy atom. The Kier molecular flexibility index (Phi) is 6.44. The number of carbonyl (C=O) groups excluding carboxylic acids is 2. The lowest BCUT2D eigenvalue weighted by molar-refractivity contribution is -0.120. The van der Waals surface area contributed by atoms with Crippen LogP contribution in [-0.2, 0) is 17.8 Å². The number of amides is 2. The first-order chi connectivity index (χ1) is 12.1. The predicted molar refractivity (Wildman–Crippen MR) is 108 cm³/mol. The second-order valence-corrected chi connectivity index (χ2v) is 8.07. The van der Waals surface area contributed by atoms with Gasteiger partial charge in [0.1, 0.15) is 0 Å². The SMILES string of the molecule is O=C(CNC(=O)c1ccccc1I)NCCN1CCc2sccc2C1. The Bertz CT molecular complexity index is 762. The van der Waals surface area contributed by atoms with E-state index in [9.17, 15) is 9.59 Å². The molecule has 0 saturated carbocycles. The van der Waals surface area contributed by atoms with Gasteiger partial charge >= 0.3 is 0 Å². The summed E-state index contributed by atoms with van der Waals surface area (Å²) in [6.07, 6.45) is 1.09. The van der Waals surface area contributed by atoms with Crippen molar-refractivity contribution in [3.8, 4) is 0 Å². The molecule has 2 aromatic rings. The topological polar surface area (TPSA) is 61.4 Å². The fraction of sp³-hybridized carbons (Fsp3) is 0.333. The smallest absolute Gasteiger partial charge is 0.252 e. The highest BCUT2D eigenvalue weighted by atomic mass is 127. The molecule has 0 fully saturated rings. The van der Waals surface area contributed by atoms with Gasteiger partial charge < -0.3 is 10.6 Å². The normalized spacial score (nSPS) is 14.0. The Labute approximate surface area is 164 Å². The van der Waals surface area contributed by atoms with E-state index in [-0.39, 0.29) is 18.4 Å². The highest BCUT2D eigenvalue weighted by molar-refractivity contribution is 14.1. The van der Waals surface area contributed by atoms with Crippen LogP contribution in [0.2, 0.25) is 0 Å². The summed E-state index contributed by atoms with van der Waals surface area (Å²) < 4.78 is 0.871. The Morgan fingerprint density at radius 2 is 2.04 bits per heavy atom. The highest BCUT2D eigenvalue weighted by Crippen LogP contribution is 2.23. The minimum atomic E-state index is -0.221. The first-order valence-corrected chi connectivity index (χ1v) is 10.2. The molecule has 0 saturated heterocycles. The van der Waals surface area contributed by atoms with Gasteiger partial charge in [0, 0.05) is 34.6 Å². The fourth-order valence-electron chi connectivity index (χ4n) is 2.81. The monoisotopic (exact) mass is 469 g/mol. The lowest BCUT2D eigenvalue weighted by atomic mass is 10.1. The summed E-state index contributed by atoms with van der Waals surface area (Å²) >= 11 is 3.94. The molecule has 0 radical (unpaired) electrons. The predicted octanol–water partition coefficient (Wildman–Crippen LogP) is 2.26. The zero-order valence-electron chi connectivity index (χ0n) is 13.8. The van der Waals surface area contributed by atoms with Crippen molar-refractivity contribution >= 4 is 45.7 Å². The van der Waals surface area contributed by atoms with Crippen molar-refractivity contribution in [1.82, 2.24) is 15.5 Å². The van der Waals surface area contributed by atoms with E-state index in [0.29, 0.717) is 12.1 Å². The molecule has 2 heterocycles. The van der Waals surface area contributed by atoms with Crippen molar-refractivity contribution in [3.63, 3.8) is 0 Å². The summed E-state index contributed by atoms with van der Waals surface area (Å²) in [7, 11) is 0. The van der Waals surface area contributed by atoms with Crippen molar-refractivity contribution < 1.29 is 9.59 Å². The van der Waals surface area contributed by atoms with E-state index in [0.717, 1.165) is 29.6 Å². The van der Waals surface area contributed by atoms with Gasteiger partial charge in [0.05, 0.1) is 12.1 Å². The van der Waals surface area contributed by atoms with E-state index in [1.807, 2.05) is 29.5 Å². The molecule has 132 valence electrons. The molecule has 3 rings (SSSR count). The standard InChI is InChI=1S/C18H20IN3O2S/c19-15-4-2-1-3-14(15)18(24)21-11-17(23)20-7-9-22-8-5-16-13(12-22)6-10-25-16/h1-4,6,10H,5,7-9,11-12H2,(H,20,23)(H,21,24). The first kappa shape index (κ1) is 18.3. The van der Waals surface area contributed by atoms with E-state index in [1.165, 1.54) is 10.4 Å². The van der Waals surface area contributed by atoms with Crippen LogP contribution in [0.4, 0.5) is 0 Å². The van der Waals surface area contributed by atoms with Gasteiger partial charge in [0.2, 0.25) is 5.91 Å². The van der Waals surface area contributed by atoms with Crippen molar-refractivity contribution in [2.24, 2.45) is 0 Å². The number of halogens is 1. The maximum atomic E-state index is 12.1. The molecule has 5 nitrogen and oxygen atoms in total. The molecule has 7 heteroatoms. The van der Waals surface area contributed by atoms with E-state index in [4.69, 9.17) is 0 Å². The number of thiophene rings is 1. The molecule has 1 aliphatic heterocycles. The summed E-state index contributed by atoms with van der Waals surface area (Å²) in [5, 5.41) is 7.69. The number of benzene rings is 1. The average Bonchev–Trinajstić information content (AvgIpc) is 3.08. The third-order valence-electron chi connectivity index (χ3n) is 4.16. The van der Waals surface area contributed by atoms with Crippen LogP contribution in [0.25, 0.3) is 0 Å². The number of nitrogens with one attached hydrogen (secondary N) is 2. The van der Waals surface area contributed by atoms with Crippen LogP contribution in [0.15, 0.2) is 35.7 Å². The van der Waals surface area contributed by atoms with Crippen molar-refractivity contribution in [2.45, 2.75) is 13.0 Å². The van der Waals surface area contributed by atoms with Gasteiger partial charge in [0.25, 0.3) is 5.91 Å². The van der Waals surface area contributed by atoms with Gasteiger partial charge in [-0.1, -0.05) is 12.1 Å². The number of nitrogens with zero attached hydrogens (tertiary/aromatic N) is 1. The molecule has 0 atom stereocenters. The number of rotatable bonds is 6. The molecular formula is C18H20IN3O2S. The summed E-state index contributed by atoms with van der Waals surface area (Å²) in [4.78, 5) is 27.8. The second-order valence-electron chi connectivity index (χ2n) is 5.91. The van der Waals surface area contributed by atoms with Gasteiger partial charge in [-0.3, -0.25) is 14.5 Å². The van der Waals surface area contributed by atoms with E-state index in [2.05, 4.69) is 49.6 Å². The molecule has 25 heavy (non-hydrogen) atoms. The molecule has 2 amide bonds. The van der Waals surface area contributed by atoms with Crippen molar-refractivity contribution in [3.05, 3.63) is 55.3 Å². The average molecular weight is 469 g/mol. The zero-order valence-corrected chi connectivity index (χ0v) is 16.7. The minimum Gasteiger partial charge on any atom is -0.353 e. The summed E-state index contributed by atoms with van der Waals surface area (Å²) in [6.45, 7) is 3.41. The molecule has 1 aromatic heterocycles. The van der Waals surface area contributed by atoms with Crippen molar-refractivity contribution in [2.75, 3.05) is 26.2 Å². The molecule has 0 spiro atoms. The fourth-order valence-corrected chi connectivity index (χ4v) is 4.34. The van der Waals surface area contributed by atoms with Gasteiger partial charge in [0.15, 0.2) is 0 Å².